The first-order valence-corrected chi connectivity index (χ1v) is 6.00. The molecule has 0 spiro atoms. The molecule has 100 valence electrons. The summed E-state index contributed by atoms with van der Waals surface area (Å²) >= 11 is 1.65. The fraction of sp³-hybridized carbons (Fsp3) is 0.250. The molecular formula is C12H16Cl2N2OS. The number of hydrogen-bond donors (Lipinski definition) is 1. The van der Waals surface area contributed by atoms with Gasteiger partial charge in [0.25, 0.3) is 0 Å². The van der Waals surface area contributed by atoms with E-state index >= 15 is 0 Å². The predicted molar refractivity (Wildman–Crippen MR) is 81.4 cm³/mol. The third-order valence-corrected chi connectivity index (χ3v) is 3.23. The number of aromatic nitrogens is 1. The molecule has 2 N–H and O–H groups in total. The molecule has 0 unspecified atom stereocenters. The van der Waals surface area contributed by atoms with E-state index in [4.69, 9.17) is 10.5 Å². The van der Waals surface area contributed by atoms with Crippen LogP contribution in [0.25, 0.3) is 10.6 Å². The van der Waals surface area contributed by atoms with Gasteiger partial charge in [-0.15, -0.1) is 36.2 Å². The first kappa shape index (κ1) is 17.2. The van der Waals surface area contributed by atoms with Crippen LogP contribution in [0, 0.1) is 0 Å². The summed E-state index contributed by atoms with van der Waals surface area (Å²) in [6.07, 6.45) is 0.840. The Morgan fingerprint density at radius 1 is 1.22 bits per heavy atom. The van der Waals surface area contributed by atoms with E-state index in [0.717, 1.165) is 28.4 Å². The second-order valence-corrected chi connectivity index (χ2v) is 4.27. The normalized spacial score (nSPS) is 9.22. The van der Waals surface area contributed by atoms with Gasteiger partial charge in [-0.3, -0.25) is 0 Å². The number of benzene rings is 1. The van der Waals surface area contributed by atoms with Gasteiger partial charge in [0, 0.05) is 17.4 Å². The van der Waals surface area contributed by atoms with E-state index < -0.39 is 0 Å². The summed E-state index contributed by atoms with van der Waals surface area (Å²) in [7, 11) is 1.66. The van der Waals surface area contributed by atoms with E-state index in [-0.39, 0.29) is 24.8 Å². The third-order valence-electron chi connectivity index (χ3n) is 2.29. The van der Waals surface area contributed by atoms with Crippen LogP contribution in [0.4, 0.5) is 0 Å². The summed E-state index contributed by atoms with van der Waals surface area (Å²) in [6.45, 7) is 0.645. The lowest BCUT2D eigenvalue weighted by atomic mass is 10.2. The summed E-state index contributed by atoms with van der Waals surface area (Å²) in [4.78, 5) is 4.52. The minimum Gasteiger partial charge on any atom is -0.497 e. The fourth-order valence-electron chi connectivity index (χ4n) is 1.44. The van der Waals surface area contributed by atoms with Gasteiger partial charge >= 0.3 is 0 Å². The lowest BCUT2D eigenvalue weighted by molar-refractivity contribution is 0.415. The van der Waals surface area contributed by atoms with Crippen molar-refractivity contribution >= 4 is 36.2 Å². The Labute approximate surface area is 123 Å². The van der Waals surface area contributed by atoms with E-state index in [1.54, 1.807) is 18.4 Å². The Morgan fingerprint density at radius 3 is 2.44 bits per heavy atom. The van der Waals surface area contributed by atoms with Crippen LogP contribution in [0.2, 0.25) is 0 Å². The highest BCUT2D eigenvalue weighted by molar-refractivity contribution is 7.13. The monoisotopic (exact) mass is 306 g/mol. The maximum absolute atomic E-state index is 5.49. The van der Waals surface area contributed by atoms with Gasteiger partial charge in [0.15, 0.2) is 0 Å². The zero-order valence-corrected chi connectivity index (χ0v) is 12.4. The zero-order chi connectivity index (χ0) is 11.4. The Hall–Kier alpha value is -0.810. The predicted octanol–water partition coefficient (Wildman–Crippen LogP) is 3.16. The van der Waals surface area contributed by atoms with Crippen molar-refractivity contribution in [3.8, 4) is 16.3 Å². The van der Waals surface area contributed by atoms with E-state index in [0.29, 0.717) is 6.54 Å². The van der Waals surface area contributed by atoms with Crippen molar-refractivity contribution < 1.29 is 4.74 Å². The number of methoxy groups -OCH3 is 1. The molecule has 1 aromatic carbocycles. The summed E-state index contributed by atoms with van der Waals surface area (Å²) in [5.74, 6) is 0.863. The highest BCUT2D eigenvalue weighted by Gasteiger charge is 2.04. The number of hydrogen-bond acceptors (Lipinski definition) is 4. The highest BCUT2D eigenvalue weighted by atomic mass is 35.5. The van der Waals surface area contributed by atoms with Crippen LogP contribution in [0.1, 0.15) is 5.69 Å². The minimum absolute atomic E-state index is 0. The van der Waals surface area contributed by atoms with Crippen molar-refractivity contribution in [3.63, 3.8) is 0 Å². The number of halogens is 2. The molecule has 0 aliphatic rings. The molecule has 6 heteroatoms. The van der Waals surface area contributed by atoms with Crippen LogP contribution >= 0.6 is 36.2 Å². The van der Waals surface area contributed by atoms with Crippen molar-refractivity contribution in [1.82, 2.24) is 4.98 Å². The molecule has 18 heavy (non-hydrogen) atoms. The van der Waals surface area contributed by atoms with Gasteiger partial charge < -0.3 is 10.5 Å². The number of nitrogens with zero attached hydrogens (tertiary/aromatic N) is 1. The largest absolute Gasteiger partial charge is 0.497 e. The van der Waals surface area contributed by atoms with Crippen molar-refractivity contribution in [2.45, 2.75) is 6.42 Å². The first-order valence-electron chi connectivity index (χ1n) is 5.12. The highest BCUT2D eigenvalue weighted by Crippen LogP contribution is 2.25. The van der Waals surface area contributed by atoms with Gasteiger partial charge in [0.05, 0.1) is 12.8 Å². The van der Waals surface area contributed by atoms with Crippen LogP contribution in [0.5, 0.6) is 5.75 Å². The molecule has 1 aromatic heterocycles. The van der Waals surface area contributed by atoms with Crippen molar-refractivity contribution in [2.75, 3.05) is 13.7 Å². The van der Waals surface area contributed by atoms with Gasteiger partial charge in [0.1, 0.15) is 10.8 Å². The lowest BCUT2D eigenvalue weighted by Crippen LogP contribution is -2.02. The molecule has 3 nitrogen and oxygen atoms in total. The fourth-order valence-corrected chi connectivity index (χ4v) is 2.30. The Balaban J connectivity index is 0.00000144. The molecule has 2 aromatic rings. The minimum atomic E-state index is 0. The standard InChI is InChI=1S/C12H14N2OS.2ClH/c1-15-11-4-2-9(3-5-11)12-14-10(6-7-13)8-16-12;;/h2-5,8H,6-7,13H2,1H3;2*1H. The second kappa shape index (κ2) is 8.32. The molecule has 0 saturated carbocycles. The molecular weight excluding hydrogens is 291 g/mol. The van der Waals surface area contributed by atoms with Crippen LogP contribution < -0.4 is 10.5 Å². The lowest BCUT2D eigenvalue weighted by Gasteiger charge is -2.00. The molecule has 0 atom stereocenters. The van der Waals surface area contributed by atoms with Crippen LogP contribution in [-0.2, 0) is 6.42 Å². The number of rotatable bonds is 4. The number of nitrogens with two attached hydrogens (primary N) is 1. The Kier molecular flexibility index (Phi) is 7.95. The van der Waals surface area contributed by atoms with E-state index in [1.165, 1.54) is 0 Å². The maximum atomic E-state index is 5.49. The molecule has 0 aliphatic carbocycles. The van der Waals surface area contributed by atoms with Gasteiger partial charge in [-0.2, -0.15) is 0 Å². The van der Waals surface area contributed by atoms with Gasteiger partial charge in [-0.1, -0.05) is 0 Å². The number of ether oxygens (including phenoxy) is 1. The molecule has 0 radical (unpaired) electrons. The van der Waals surface area contributed by atoms with Gasteiger partial charge in [-0.05, 0) is 30.8 Å². The van der Waals surface area contributed by atoms with Crippen LogP contribution in [-0.4, -0.2) is 18.6 Å². The van der Waals surface area contributed by atoms with Crippen LogP contribution in [0.3, 0.4) is 0 Å². The van der Waals surface area contributed by atoms with Crippen molar-refractivity contribution in [2.24, 2.45) is 5.73 Å². The Morgan fingerprint density at radius 2 is 1.89 bits per heavy atom. The topological polar surface area (TPSA) is 48.1 Å². The van der Waals surface area contributed by atoms with E-state index in [9.17, 15) is 0 Å². The third kappa shape index (κ3) is 4.14. The molecule has 1 heterocycles. The number of thiazole rings is 1. The summed E-state index contributed by atoms with van der Waals surface area (Å²) in [5, 5.41) is 3.10. The van der Waals surface area contributed by atoms with Crippen LogP contribution in [0.15, 0.2) is 29.6 Å². The quantitative estimate of drug-likeness (QED) is 0.944. The summed E-state index contributed by atoms with van der Waals surface area (Å²) in [5.41, 5.74) is 7.68. The van der Waals surface area contributed by atoms with Gasteiger partial charge in [-0.25, -0.2) is 4.98 Å². The maximum Gasteiger partial charge on any atom is 0.123 e. The van der Waals surface area contributed by atoms with E-state index in [1.807, 2.05) is 24.3 Å². The smallest absolute Gasteiger partial charge is 0.123 e. The molecule has 0 saturated heterocycles. The molecule has 0 fully saturated rings. The molecule has 0 bridgehead atoms. The average Bonchev–Trinajstić information content (AvgIpc) is 2.78. The second-order valence-electron chi connectivity index (χ2n) is 3.41. The SMILES string of the molecule is COc1ccc(-c2nc(CCN)cs2)cc1.Cl.Cl. The van der Waals surface area contributed by atoms with E-state index in [2.05, 4.69) is 10.4 Å². The van der Waals surface area contributed by atoms with Crippen molar-refractivity contribution in [3.05, 3.63) is 35.3 Å². The molecule has 0 amide bonds. The Bertz CT molecular complexity index is 459. The van der Waals surface area contributed by atoms with Crippen molar-refractivity contribution in [1.29, 1.82) is 0 Å². The average molecular weight is 307 g/mol. The summed E-state index contributed by atoms with van der Waals surface area (Å²) < 4.78 is 5.12. The molecule has 2 rings (SSSR count). The molecule has 0 aliphatic heterocycles. The summed E-state index contributed by atoms with van der Waals surface area (Å²) in [6, 6.07) is 7.92. The van der Waals surface area contributed by atoms with Gasteiger partial charge in [0.2, 0.25) is 0 Å². The first-order chi connectivity index (χ1) is 7.83. The zero-order valence-electron chi connectivity index (χ0n) is 9.96.